The summed E-state index contributed by atoms with van der Waals surface area (Å²) in [6.45, 7) is 11.9. The number of nitrogens with zero attached hydrogens (tertiary/aromatic N) is 1. The lowest BCUT2D eigenvalue weighted by Gasteiger charge is -2.30. The molecule has 2 rings (SSSR count). The number of hydrogen-bond acceptors (Lipinski definition) is 7. The number of alkyl carbamates (subject to hydrolysis) is 1. The monoisotopic (exact) mass is 588 g/mol. The van der Waals surface area contributed by atoms with Crippen LogP contribution in [0, 0.1) is 0 Å². The summed E-state index contributed by atoms with van der Waals surface area (Å²) >= 11 is 0. The van der Waals surface area contributed by atoms with Crippen molar-refractivity contribution in [2.75, 3.05) is 19.8 Å². The molecular formula is C34H56N2O6. The maximum absolute atomic E-state index is 13.2. The second-order valence-corrected chi connectivity index (χ2v) is 12.6. The molecule has 2 atom stereocenters. The molecule has 42 heavy (non-hydrogen) atoms. The molecule has 1 aliphatic heterocycles. The van der Waals surface area contributed by atoms with Crippen LogP contribution in [0.2, 0.25) is 0 Å². The third-order valence-electron chi connectivity index (χ3n) is 7.65. The van der Waals surface area contributed by atoms with Crippen LogP contribution in [-0.2, 0) is 36.8 Å². The number of unbranched alkanes of at least 4 members (excludes halogenated alkanes) is 9. The van der Waals surface area contributed by atoms with E-state index in [1.54, 1.807) is 34.6 Å². The second kappa shape index (κ2) is 18.1. The Hall–Kier alpha value is -2.61. The number of likely N-dealkylation sites (tertiary alicyclic amines) is 1. The van der Waals surface area contributed by atoms with Crippen molar-refractivity contribution in [2.24, 2.45) is 0 Å². The Labute approximate surface area is 254 Å². The van der Waals surface area contributed by atoms with Crippen LogP contribution in [0.3, 0.4) is 0 Å². The number of hydrogen-bond donors (Lipinski definition) is 1. The summed E-state index contributed by atoms with van der Waals surface area (Å²) in [7, 11) is 0. The van der Waals surface area contributed by atoms with Crippen LogP contribution >= 0.6 is 0 Å². The molecule has 0 aromatic heterocycles. The van der Waals surface area contributed by atoms with Gasteiger partial charge >= 0.3 is 18.0 Å². The lowest BCUT2D eigenvalue weighted by molar-refractivity contribution is -0.150. The molecule has 8 nitrogen and oxygen atoms in total. The highest BCUT2D eigenvalue weighted by Gasteiger charge is 2.54. The summed E-state index contributed by atoms with van der Waals surface area (Å²) in [6, 6.07) is 7.75. The maximum Gasteiger partial charge on any atom is 0.408 e. The molecule has 0 bridgehead atoms. The highest BCUT2D eigenvalue weighted by atomic mass is 16.6. The number of esters is 2. The molecule has 0 spiro atoms. The Kier molecular flexibility index (Phi) is 15.4. The lowest BCUT2D eigenvalue weighted by Crippen LogP contribution is -2.57. The Morgan fingerprint density at radius 1 is 0.833 bits per heavy atom. The van der Waals surface area contributed by atoms with Crippen molar-refractivity contribution < 1.29 is 28.6 Å². The van der Waals surface area contributed by atoms with Crippen molar-refractivity contribution in [1.29, 1.82) is 0 Å². The molecular weight excluding hydrogens is 532 g/mol. The van der Waals surface area contributed by atoms with Gasteiger partial charge in [0.15, 0.2) is 5.54 Å². The maximum atomic E-state index is 13.2. The Balaban J connectivity index is 2.00. The first-order valence-corrected chi connectivity index (χ1v) is 16.2. The van der Waals surface area contributed by atoms with Crippen molar-refractivity contribution in [3.05, 3.63) is 35.4 Å². The third kappa shape index (κ3) is 12.3. The van der Waals surface area contributed by atoms with E-state index in [-0.39, 0.29) is 26.2 Å². The molecule has 1 N–H and O–H groups in total. The van der Waals surface area contributed by atoms with Gasteiger partial charge in [-0.25, -0.2) is 9.59 Å². The average Bonchev–Trinajstić information content (AvgIpc) is 3.28. The van der Waals surface area contributed by atoms with Crippen molar-refractivity contribution in [2.45, 2.75) is 142 Å². The van der Waals surface area contributed by atoms with Crippen LogP contribution in [0.1, 0.15) is 123 Å². The van der Waals surface area contributed by atoms with Crippen LogP contribution in [0.5, 0.6) is 0 Å². The van der Waals surface area contributed by atoms with Gasteiger partial charge < -0.3 is 19.5 Å². The summed E-state index contributed by atoms with van der Waals surface area (Å²) < 4.78 is 16.2. The molecule has 1 fully saturated rings. The van der Waals surface area contributed by atoms with Crippen LogP contribution < -0.4 is 5.32 Å². The molecule has 2 unspecified atom stereocenters. The fraction of sp³-hybridized carbons (Fsp3) is 0.735. The Bertz CT molecular complexity index is 958. The first-order chi connectivity index (χ1) is 20.0. The average molecular weight is 589 g/mol. The molecule has 1 aliphatic rings. The zero-order chi connectivity index (χ0) is 31.0. The Morgan fingerprint density at radius 2 is 1.38 bits per heavy atom. The number of ether oxygens (including phenoxy) is 3. The molecule has 8 heteroatoms. The number of benzene rings is 1. The summed E-state index contributed by atoms with van der Waals surface area (Å²) in [4.78, 5) is 40.9. The quantitative estimate of drug-likeness (QED) is 0.111. The van der Waals surface area contributed by atoms with Gasteiger partial charge in [-0.15, -0.1) is 0 Å². The van der Waals surface area contributed by atoms with E-state index in [1.165, 1.54) is 69.8 Å². The van der Waals surface area contributed by atoms with E-state index in [1.807, 2.05) is 4.90 Å². The van der Waals surface area contributed by atoms with Crippen molar-refractivity contribution in [3.8, 4) is 0 Å². The highest BCUT2D eigenvalue weighted by molar-refractivity contribution is 5.89. The fourth-order valence-corrected chi connectivity index (χ4v) is 5.54. The van der Waals surface area contributed by atoms with E-state index in [0.29, 0.717) is 6.54 Å². The van der Waals surface area contributed by atoms with Gasteiger partial charge in [0, 0.05) is 19.5 Å². The van der Waals surface area contributed by atoms with Crippen LogP contribution in [0.4, 0.5) is 4.79 Å². The number of amides is 1. The molecule has 1 aromatic rings. The normalized spacial score (nSPS) is 19.0. The molecule has 0 saturated carbocycles. The van der Waals surface area contributed by atoms with Crippen LogP contribution in [0.15, 0.2) is 24.3 Å². The standard InChI is InChI=1S/C34H56N2O6/c1-7-10-11-12-13-14-15-16-17-18-19-27-20-22-28(23-21-27)25-36-26-34(31(38)41-9-3,24-29(36)30(37)40-8-2)35-32(39)42-33(4,5)6/h20-23,29H,7-19,24-26H2,1-6H3,(H,35,39). The predicted molar refractivity (Wildman–Crippen MR) is 166 cm³/mol. The van der Waals surface area contributed by atoms with E-state index in [4.69, 9.17) is 14.2 Å². The number of carbonyl (C=O) groups excluding carboxylic acids is 3. The first kappa shape index (κ1) is 35.6. The van der Waals surface area contributed by atoms with Crippen LogP contribution in [0.25, 0.3) is 0 Å². The molecule has 0 radical (unpaired) electrons. The van der Waals surface area contributed by atoms with Gasteiger partial charge in [-0.05, 0) is 58.6 Å². The number of nitrogens with one attached hydrogen (secondary N) is 1. The minimum Gasteiger partial charge on any atom is -0.465 e. The first-order valence-electron chi connectivity index (χ1n) is 16.2. The molecule has 1 heterocycles. The minimum absolute atomic E-state index is 0.0424. The summed E-state index contributed by atoms with van der Waals surface area (Å²) in [5, 5.41) is 2.75. The van der Waals surface area contributed by atoms with Gasteiger partial charge in [0.2, 0.25) is 0 Å². The molecule has 1 aromatic carbocycles. The summed E-state index contributed by atoms with van der Waals surface area (Å²) in [5.74, 6) is -1.01. The number of aryl methyl sites for hydroxylation is 1. The van der Waals surface area contributed by atoms with Gasteiger partial charge in [0.25, 0.3) is 0 Å². The van der Waals surface area contributed by atoms with E-state index in [0.717, 1.165) is 12.0 Å². The van der Waals surface area contributed by atoms with E-state index in [9.17, 15) is 14.4 Å². The number of carbonyl (C=O) groups is 3. The minimum atomic E-state index is -1.43. The fourth-order valence-electron chi connectivity index (χ4n) is 5.54. The summed E-state index contributed by atoms with van der Waals surface area (Å²) in [6.07, 6.45) is 13.6. The van der Waals surface area contributed by atoms with Crippen LogP contribution in [-0.4, -0.2) is 59.9 Å². The van der Waals surface area contributed by atoms with E-state index >= 15 is 0 Å². The lowest BCUT2D eigenvalue weighted by atomic mass is 9.96. The molecule has 1 amide bonds. The van der Waals surface area contributed by atoms with Crippen molar-refractivity contribution in [3.63, 3.8) is 0 Å². The topological polar surface area (TPSA) is 94.2 Å². The van der Waals surface area contributed by atoms with E-state index in [2.05, 4.69) is 36.5 Å². The highest BCUT2D eigenvalue weighted by Crippen LogP contribution is 2.32. The zero-order valence-corrected chi connectivity index (χ0v) is 27.1. The zero-order valence-electron chi connectivity index (χ0n) is 27.1. The van der Waals surface area contributed by atoms with Gasteiger partial charge in [-0.2, -0.15) is 0 Å². The van der Waals surface area contributed by atoms with Gasteiger partial charge in [0.05, 0.1) is 13.2 Å². The Morgan fingerprint density at radius 3 is 1.93 bits per heavy atom. The van der Waals surface area contributed by atoms with Gasteiger partial charge in [-0.3, -0.25) is 9.69 Å². The van der Waals surface area contributed by atoms with Gasteiger partial charge in [-0.1, -0.05) is 89.0 Å². The molecule has 0 aliphatic carbocycles. The third-order valence-corrected chi connectivity index (χ3v) is 7.65. The molecule has 1 saturated heterocycles. The summed E-state index contributed by atoms with van der Waals surface area (Å²) in [5.41, 5.74) is 0.154. The number of rotatable bonds is 18. The molecule has 238 valence electrons. The van der Waals surface area contributed by atoms with E-state index < -0.39 is 35.2 Å². The van der Waals surface area contributed by atoms with Crippen molar-refractivity contribution >= 4 is 18.0 Å². The smallest absolute Gasteiger partial charge is 0.408 e. The SMILES string of the molecule is CCCCCCCCCCCCc1ccc(CN2CC(NC(=O)OC(C)(C)C)(C(=O)OCC)CC2C(=O)OCC)cc1. The van der Waals surface area contributed by atoms with Crippen molar-refractivity contribution in [1.82, 2.24) is 10.2 Å². The largest absolute Gasteiger partial charge is 0.465 e. The van der Waals surface area contributed by atoms with Gasteiger partial charge in [0.1, 0.15) is 11.6 Å². The second-order valence-electron chi connectivity index (χ2n) is 12.6. The predicted octanol–water partition coefficient (Wildman–Crippen LogP) is 7.11.